The number of hydrogen-bond donors (Lipinski definition) is 1. The highest BCUT2D eigenvalue weighted by Crippen LogP contribution is 2.21. The first-order valence-electron chi connectivity index (χ1n) is 5.72. The SMILES string of the molecule is O=[N+]([O-])c1cnc(Cl)nc1NCCc1ccccc1F. The molecule has 104 valence electrons. The van der Waals surface area contributed by atoms with Gasteiger partial charge in [0.2, 0.25) is 11.1 Å². The van der Waals surface area contributed by atoms with Crippen LogP contribution in [0.15, 0.2) is 30.5 Å². The summed E-state index contributed by atoms with van der Waals surface area (Å²) in [7, 11) is 0. The van der Waals surface area contributed by atoms with Crippen LogP contribution in [0.3, 0.4) is 0 Å². The van der Waals surface area contributed by atoms with E-state index in [1.807, 2.05) is 0 Å². The number of nitrogens with zero attached hydrogens (tertiary/aromatic N) is 3. The summed E-state index contributed by atoms with van der Waals surface area (Å²) in [5.41, 5.74) is 0.241. The van der Waals surface area contributed by atoms with E-state index in [4.69, 9.17) is 11.6 Å². The minimum Gasteiger partial charge on any atom is -0.364 e. The Morgan fingerprint density at radius 1 is 1.40 bits per heavy atom. The molecule has 0 saturated carbocycles. The summed E-state index contributed by atoms with van der Waals surface area (Å²) < 4.78 is 13.4. The topological polar surface area (TPSA) is 81.0 Å². The Labute approximate surface area is 118 Å². The molecule has 0 saturated heterocycles. The molecular formula is C12H10ClFN4O2. The van der Waals surface area contributed by atoms with Crippen molar-refractivity contribution >= 4 is 23.1 Å². The lowest BCUT2D eigenvalue weighted by atomic mass is 10.1. The highest BCUT2D eigenvalue weighted by molar-refractivity contribution is 6.28. The average molecular weight is 297 g/mol. The Morgan fingerprint density at radius 2 is 2.15 bits per heavy atom. The Kier molecular flexibility index (Phi) is 4.41. The van der Waals surface area contributed by atoms with Gasteiger partial charge < -0.3 is 5.32 Å². The fourth-order valence-electron chi connectivity index (χ4n) is 1.63. The molecule has 1 aromatic heterocycles. The molecule has 2 rings (SSSR count). The number of hydrogen-bond acceptors (Lipinski definition) is 5. The molecule has 2 aromatic rings. The van der Waals surface area contributed by atoms with Crippen molar-refractivity contribution in [3.05, 3.63) is 57.2 Å². The normalized spacial score (nSPS) is 10.3. The molecule has 0 spiro atoms. The fourth-order valence-corrected chi connectivity index (χ4v) is 1.77. The molecule has 0 fully saturated rings. The fraction of sp³-hybridized carbons (Fsp3) is 0.167. The molecule has 0 aliphatic carbocycles. The van der Waals surface area contributed by atoms with Gasteiger partial charge in [-0.1, -0.05) is 18.2 Å². The first-order valence-corrected chi connectivity index (χ1v) is 6.10. The summed E-state index contributed by atoms with van der Waals surface area (Å²) in [6.45, 7) is 0.287. The maximum absolute atomic E-state index is 13.4. The van der Waals surface area contributed by atoms with Gasteiger partial charge in [-0.25, -0.2) is 9.37 Å². The van der Waals surface area contributed by atoms with Crippen LogP contribution in [0.25, 0.3) is 0 Å². The monoisotopic (exact) mass is 296 g/mol. The van der Waals surface area contributed by atoms with Crippen molar-refractivity contribution in [1.29, 1.82) is 0 Å². The van der Waals surface area contributed by atoms with Crippen molar-refractivity contribution in [2.45, 2.75) is 6.42 Å². The largest absolute Gasteiger partial charge is 0.364 e. The molecule has 0 aliphatic rings. The van der Waals surface area contributed by atoms with Gasteiger partial charge in [-0.2, -0.15) is 4.98 Å². The van der Waals surface area contributed by atoms with E-state index in [-0.39, 0.29) is 29.2 Å². The second-order valence-electron chi connectivity index (χ2n) is 3.90. The summed E-state index contributed by atoms with van der Waals surface area (Å²) in [6, 6.07) is 6.33. The van der Waals surface area contributed by atoms with Crippen LogP contribution < -0.4 is 5.32 Å². The minimum atomic E-state index is -0.609. The second kappa shape index (κ2) is 6.25. The molecule has 1 heterocycles. The summed E-state index contributed by atoms with van der Waals surface area (Å²) in [4.78, 5) is 17.5. The van der Waals surface area contributed by atoms with Crippen molar-refractivity contribution in [2.24, 2.45) is 0 Å². The molecule has 0 bridgehead atoms. The van der Waals surface area contributed by atoms with Crippen LogP contribution >= 0.6 is 11.6 Å². The van der Waals surface area contributed by atoms with Gasteiger partial charge in [0.25, 0.3) is 0 Å². The van der Waals surface area contributed by atoms with Crippen molar-refractivity contribution in [3.8, 4) is 0 Å². The van der Waals surface area contributed by atoms with Gasteiger partial charge in [0.05, 0.1) is 4.92 Å². The number of nitro groups is 1. The molecule has 6 nitrogen and oxygen atoms in total. The molecule has 0 aliphatic heterocycles. The minimum absolute atomic E-state index is 0.0198. The van der Waals surface area contributed by atoms with E-state index < -0.39 is 4.92 Å². The molecule has 0 atom stereocenters. The molecule has 0 radical (unpaired) electrons. The molecule has 0 amide bonds. The molecule has 20 heavy (non-hydrogen) atoms. The van der Waals surface area contributed by atoms with Crippen molar-refractivity contribution in [3.63, 3.8) is 0 Å². The van der Waals surface area contributed by atoms with Gasteiger partial charge in [-0.05, 0) is 29.7 Å². The lowest BCUT2D eigenvalue weighted by molar-refractivity contribution is -0.384. The van der Waals surface area contributed by atoms with Crippen LogP contribution in [0.4, 0.5) is 15.9 Å². The van der Waals surface area contributed by atoms with E-state index in [2.05, 4.69) is 15.3 Å². The van der Waals surface area contributed by atoms with Crippen molar-refractivity contribution < 1.29 is 9.31 Å². The summed E-state index contributed by atoms with van der Waals surface area (Å²) in [6.07, 6.45) is 1.40. The third kappa shape index (κ3) is 3.39. The predicted octanol–water partition coefficient (Wildman–Crippen LogP) is 2.83. The van der Waals surface area contributed by atoms with Crippen LogP contribution in [0.5, 0.6) is 0 Å². The van der Waals surface area contributed by atoms with Gasteiger partial charge in [0, 0.05) is 6.54 Å². The zero-order chi connectivity index (χ0) is 14.5. The standard InChI is InChI=1S/C12H10ClFN4O2/c13-12-16-7-10(18(19)20)11(17-12)15-6-5-8-3-1-2-4-9(8)14/h1-4,7H,5-6H2,(H,15,16,17). The Hall–Kier alpha value is -2.28. The van der Waals surface area contributed by atoms with Gasteiger partial charge in [0.15, 0.2) is 0 Å². The maximum Gasteiger partial charge on any atom is 0.329 e. The maximum atomic E-state index is 13.4. The number of aromatic nitrogens is 2. The molecular weight excluding hydrogens is 287 g/mol. The lowest BCUT2D eigenvalue weighted by Crippen LogP contribution is -2.10. The van der Waals surface area contributed by atoms with Crippen LogP contribution in [-0.4, -0.2) is 21.4 Å². The van der Waals surface area contributed by atoms with Gasteiger partial charge in [-0.15, -0.1) is 0 Å². The lowest BCUT2D eigenvalue weighted by Gasteiger charge is -2.06. The predicted molar refractivity (Wildman–Crippen MR) is 72.3 cm³/mol. The van der Waals surface area contributed by atoms with Crippen LogP contribution in [0.2, 0.25) is 5.28 Å². The van der Waals surface area contributed by atoms with Crippen molar-refractivity contribution in [1.82, 2.24) is 9.97 Å². The third-order valence-corrected chi connectivity index (χ3v) is 2.76. The van der Waals surface area contributed by atoms with Crippen LogP contribution in [0, 0.1) is 15.9 Å². The van der Waals surface area contributed by atoms with E-state index >= 15 is 0 Å². The highest BCUT2D eigenvalue weighted by Gasteiger charge is 2.16. The number of benzene rings is 1. The Bertz CT molecular complexity index is 639. The van der Waals surface area contributed by atoms with E-state index in [0.29, 0.717) is 12.0 Å². The summed E-state index contributed by atoms with van der Waals surface area (Å²) >= 11 is 5.60. The number of anilines is 1. The molecule has 0 unspecified atom stereocenters. The summed E-state index contributed by atoms with van der Waals surface area (Å²) in [5, 5.41) is 13.5. The number of nitrogens with one attached hydrogen (secondary N) is 1. The molecule has 1 N–H and O–H groups in total. The van der Waals surface area contributed by atoms with Crippen LogP contribution in [-0.2, 0) is 6.42 Å². The summed E-state index contributed by atoms with van der Waals surface area (Å²) in [5.74, 6) is -0.296. The van der Waals surface area contributed by atoms with E-state index in [9.17, 15) is 14.5 Å². The van der Waals surface area contributed by atoms with E-state index in [1.165, 1.54) is 6.07 Å². The number of halogens is 2. The average Bonchev–Trinajstić information content (AvgIpc) is 2.41. The highest BCUT2D eigenvalue weighted by atomic mass is 35.5. The van der Waals surface area contributed by atoms with Crippen LogP contribution in [0.1, 0.15) is 5.56 Å². The van der Waals surface area contributed by atoms with E-state index in [0.717, 1.165) is 6.20 Å². The third-order valence-electron chi connectivity index (χ3n) is 2.58. The second-order valence-corrected chi connectivity index (χ2v) is 4.24. The van der Waals surface area contributed by atoms with Gasteiger partial charge >= 0.3 is 5.69 Å². The first kappa shape index (κ1) is 14.1. The Balaban J connectivity index is 2.06. The first-order chi connectivity index (χ1) is 9.58. The zero-order valence-corrected chi connectivity index (χ0v) is 11.0. The quantitative estimate of drug-likeness (QED) is 0.521. The Morgan fingerprint density at radius 3 is 2.85 bits per heavy atom. The molecule has 8 heteroatoms. The van der Waals surface area contributed by atoms with Gasteiger partial charge in [-0.3, -0.25) is 10.1 Å². The zero-order valence-electron chi connectivity index (χ0n) is 10.2. The molecule has 1 aromatic carbocycles. The number of rotatable bonds is 5. The smallest absolute Gasteiger partial charge is 0.329 e. The van der Waals surface area contributed by atoms with Gasteiger partial charge in [0.1, 0.15) is 12.0 Å². The van der Waals surface area contributed by atoms with E-state index in [1.54, 1.807) is 18.2 Å². The van der Waals surface area contributed by atoms with Crippen molar-refractivity contribution in [2.75, 3.05) is 11.9 Å².